The molecule has 0 saturated carbocycles. The van der Waals surface area contributed by atoms with Gasteiger partial charge in [-0.1, -0.05) is 18.2 Å². The largest absolute Gasteiger partial charge is 0.443 e. The van der Waals surface area contributed by atoms with Crippen LogP contribution in [0.2, 0.25) is 0 Å². The van der Waals surface area contributed by atoms with Crippen molar-refractivity contribution in [2.75, 3.05) is 13.2 Å². The molecule has 2 rings (SSSR count). The van der Waals surface area contributed by atoms with Gasteiger partial charge < -0.3 is 9.47 Å². The van der Waals surface area contributed by atoms with Gasteiger partial charge >= 0.3 is 5.97 Å². The fourth-order valence-electron chi connectivity index (χ4n) is 2.09. The van der Waals surface area contributed by atoms with Crippen molar-refractivity contribution in [2.45, 2.75) is 32.1 Å². The number of hydrogen-bond acceptors (Lipinski definition) is 4. The molecule has 1 aliphatic rings. The lowest BCUT2D eigenvalue weighted by atomic mass is 10.1. The SMILES string of the molecule is CCO[C@H]1CCN[C@@H](OC(=O)c2ccccc2)C1. The molecule has 1 aromatic carbocycles. The Bertz CT molecular complexity index is 378. The Morgan fingerprint density at radius 3 is 2.89 bits per heavy atom. The zero-order valence-corrected chi connectivity index (χ0v) is 10.6. The minimum absolute atomic E-state index is 0.185. The van der Waals surface area contributed by atoms with Gasteiger partial charge in [-0.3, -0.25) is 5.32 Å². The summed E-state index contributed by atoms with van der Waals surface area (Å²) in [5.41, 5.74) is 0.581. The summed E-state index contributed by atoms with van der Waals surface area (Å²) in [6.45, 7) is 3.49. The van der Waals surface area contributed by atoms with E-state index in [1.807, 2.05) is 25.1 Å². The maximum absolute atomic E-state index is 11.9. The van der Waals surface area contributed by atoms with Gasteiger partial charge in [0.05, 0.1) is 11.7 Å². The number of rotatable bonds is 4. The van der Waals surface area contributed by atoms with Crippen LogP contribution in [-0.4, -0.2) is 31.5 Å². The van der Waals surface area contributed by atoms with Crippen LogP contribution in [0.25, 0.3) is 0 Å². The molecule has 1 heterocycles. The summed E-state index contributed by atoms with van der Waals surface area (Å²) >= 11 is 0. The number of nitrogens with one attached hydrogen (secondary N) is 1. The average molecular weight is 249 g/mol. The molecule has 4 nitrogen and oxygen atoms in total. The van der Waals surface area contributed by atoms with Gasteiger partial charge in [0.1, 0.15) is 0 Å². The van der Waals surface area contributed by atoms with Gasteiger partial charge in [-0.2, -0.15) is 0 Å². The van der Waals surface area contributed by atoms with Crippen molar-refractivity contribution < 1.29 is 14.3 Å². The van der Waals surface area contributed by atoms with Crippen LogP contribution in [0.4, 0.5) is 0 Å². The van der Waals surface area contributed by atoms with Crippen LogP contribution in [0.3, 0.4) is 0 Å². The minimum atomic E-state index is -0.287. The molecule has 0 aliphatic carbocycles. The Labute approximate surface area is 107 Å². The molecule has 18 heavy (non-hydrogen) atoms. The van der Waals surface area contributed by atoms with Crippen molar-refractivity contribution in [1.82, 2.24) is 5.32 Å². The van der Waals surface area contributed by atoms with E-state index in [2.05, 4.69) is 5.32 Å². The lowest BCUT2D eigenvalue weighted by Gasteiger charge is -2.29. The molecule has 0 amide bonds. The number of ether oxygens (including phenoxy) is 2. The Morgan fingerprint density at radius 1 is 1.39 bits per heavy atom. The third kappa shape index (κ3) is 3.55. The lowest BCUT2D eigenvalue weighted by Crippen LogP contribution is -2.43. The van der Waals surface area contributed by atoms with Crippen molar-refractivity contribution in [1.29, 1.82) is 0 Å². The third-order valence-electron chi connectivity index (χ3n) is 2.98. The summed E-state index contributed by atoms with van der Waals surface area (Å²) in [7, 11) is 0. The number of benzene rings is 1. The Hall–Kier alpha value is -1.39. The van der Waals surface area contributed by atoms with Crippen LogP contribution in [0.15, 0.2) is 30.3 Å². The van der Waals surface area contributed by atoms with Crippen molar-refractivity contribution in [3.05, 3.63) is 35.9 Å². The fourth-order valence-corrected chi connectivity index (χ4v) is 2.09. The second-order valence-corrected chi connectivity index (χ2v) is 4.32. The normalized spacial score (nSPS) is 23.6. The smallest absolute Gasteiger partial charge is 0.339 e. The van der Waals surface area contributed by atoms with E-state index in [9.17, 15) is 4.79 Å². The van der Waals surface area contributed by atoms with Gasteiger partial charge in [0.25, 0.3) is 0 Å². The molecular formula is C14H19NO3. The Balaban J connectivity index is 1.87. The van der Waals surface area contributed by atoms with E-state index >= 15 is 0 Å². The second kappa shape index (κ2) is 6.52. The lowest BCUT2D eigenvalue weighted by molar-refractivity contribution is -0.0336. The third-order valence-corrected chi connectivity index (χ3v) is 2.98. The highest BCUT2D eigenvalue weighted by Crippen LogP contribution is 2.14. The first-order valence-corrected chi connectivity index (χ1v) is 6.40. The molecule has 0 bridgehead atoms. The van der Waals surface area contributed by atoms with Crippen LogP contribution in [0.1, 0.15) is 30.1 Å². The first-order chi connectivity index (χ1) is 8.79. The summed E-state index contributed by atoms with van der Waals surface area (Å²) in [6.07, 6.45) is 1.62. The Kier molecular flexibility index (Phi) is 4.73. The van der Waals surface area contributed by atoms with Crippen molar-refractivity contribution in [3.8, 4) is 0 Å². The molecule has 0 spiro atoms. The van der Waals surface area contributed by atoms with Crippen molar-refractivity contribution in [2.24, 2.45) is 0 Å². The molecule has 0 radical (unpaired) electrons. The van der Waals surface area contributed by atoms with Gasteiger partial charge in [0, 0.05) is 19.6 Å². The molecular weight excluding hydrogens is 230 g/mol. The molecule has 1 saturated heterocycles. The summed E-state index contributed by atoms with van der Waals surface area (Å²) < 4.78 is 11.0. The van der Waals surface area contributed by atoms with Gasteiger partial charge in [0.2, 0.25) is 0 Å². The van der Waals surface area contributed by atoms with E-state index in [1.165, 1.54) is 0 Å². The van der Waals surface area contributed by atoms with Gasteiger partial charge in [-0.05, 0) is 25.5 Å². The molecule has 2 atom stereocenters. The summed E-state index contributed by atoms with van der Waals surface area (Å²) in [4.78, 5) is 11.9. The number of hydrogen-bond donors (Lipinski definition) is 1. The first kappa shape index (κ1) is 13.1. The zero-order valence-electron chi connectivity index (χ0n) is 10.6. The molecule has 1 fully saturated rings. The fraction of sp³-hybridized carbons (Fsp3) is 0.500. The predicted octanol–water partition coefficient (Wildman–Crippen LogP) is 1.96. The van der Waals surface area contributed by atoms with E-state index in [4.69, 9.17) is 9.47 Å². The molecule has 0 aromatic heterocycles. The standard InChI is InChI=1S/C14H19NO3/c1-2-17-12-8-9-15-13(10-12)18-14(16)11-6-4-3-5-7-11/h3-7,12-13,15H,2,8-10H2,1H3/t12-,13-/m0/s1. The van der Waals surface area contributed by atoms with E-state index in [0.29, 0.717) is 18.6 Å². The number of carbonyl (C=O) groups excluding carboxylic acids is 1. The summed E-state index contributed by atoms with van der Waals surface area (Å²) in [5, 5.41) is 3.19. The topological polar surface area (TPSA) is 47.6 Å². The maximum Gasteiger partial charge on any atom is 0.339 e. The number of carbonyl (C=O) groups is 1. The van der Waals surface area contributed by atoms with Crippen LogP contribution in [-0.2, 0) is 9.47 Å². The average Bonchev–Trinajstić information content (AvgIpc) is 2.40. The van der Waals surface area contributed by atoms with Crippen molar-refractivity contribution >= 4 is 5.97 Å². The van der Waals surface area contributed by atoms with Crippen LogP contribution in [0.5, 0.6) is 0 Å². The van der Waals surface area contributed by atoms with Gasteiger partial charge in [0.15, 0.2) is 6.23 Å². The summed E-state index contributed by atoms with van der Waals surface area (Å²) in [6, 6.07) is 9.04. The maximum atomic E-state index is 11.9. The highest BCUT2D eigenvalue weighted by atomic mass is 16.6. The summed E-state index contributed by atoms with van der Waals surface area (Å²) in [5.74, 6) is -0.287. The van der Waals surface area contributed by atoms with E-state index in [1.54, 1.807) is 12.1 Å². The molecule has 98 valence electrons. The zero-order chi connectivity index (χ0) is 12.8. The van der Waals surface area contributed by atoms with E-state index in [0.717, 1.165) is 13.0 Å². The molecule has 1 aromatic rings. The van der Waals surface area contributed by atoms with Crippen LogP contribution in [0, 0.1) is 0 Å². The quantitative estimate of drug-likeness (QED) is 0.829. The minimum Gasteiger partial charge on any atom is -0.443 e. The molecule has 1 N–H and O–H groups in total. The van der Waals surface area contributed by atoms with Crippen molar-refractivity contribution in [3.63, 3.8) is 0 Å². The van der Waals surface area contributed by atoms with Gasteiger partial charge in [-0.15, -0.1) is 0 Å². The predicted molar refractivity (Wildman–Crippen MR) is 68.3 cm³/mol. The highest BCUT2D eigenvalue weighted by molar-refractivity contribution is 5.89. The number of piperidine rings is 1. The van der Waals surface area contributed by atoms with E-state index in [-0.39, 0.29) is 18.3 Å². The van der Waals surface area contributed by atoms with Crippen LogP contribution < -0.4 is 5.32 Å². The molecule has 1 aliphatic heterocycles. The van der Waals surface area contributed by atoms with Gasteiger partial charge in [-0.25, -0.2) is 4.79 Å². The number of esters is 1. The molecule has 0 unspecified atom stereocenters. The first-order valence-electron chi connectivity index (χ1n) is 6.40. The molecule has 4 heteroatoms. The Morgan fingerprint density at radius 2 is 2.17 bits per heavy atom. The van der Waals surface area contributed by atoms with Crippen LogP contribution >= 0.6 is 0 Å². The second-order valence-electron chi connectivity index (χ2n) is 4.32. The monoisotopic (exact) mass is 249 g/mol. The van der Waals surface area contributed by atoms with E-state index < -0.39 is 0 Å². The highest BCUT2D eigenvalue weighted by Gasteiger charge is 2.24.